The molecular weight excluding hydrogens is 364 g/mol. The van der Waals surface area contributed by atoms with E-state index in [2.05, 4.69) is 34.1 Å². The number of benzene rings is 2. The number of hydrogen-bond acceptors (Lipinski definition) is 5. The number of aryl methyl sites for hydroxylation is 1. The summed E-state index contributed by atoms with van der Waals surface area (Å²) in [6, 6.07) is 18.2. The van der Waals surface area contributed by atoms with Crippen LogP contribution in [0.25, 0.3) is 0 Å². The van der Waals surface area contributed by atoms with Crippen LogP contribution in [0.1, 0.15) is 27.5 Å². The van der Waals surface area contributed by atoms with Crippen LogP contribution in [0, 0.1) is 6.92 Å². The van der Waals surface area contributed by atoms with Gasteiger partial charge in [0, 0.05) is 31.7 Å². The summed E-state index contributed by atoms with van der Waals surface area (Å²) >= 11 is 0. The lowest BCUT2D eigenvalue weighted by Crippen LogP contribution is -2.55. The fraction of sp³-hybridized carbons (Fsp3) is 0.458. The maximum atomic E-state index is 13.9. The molecule has 2 saturated heterocycles. The molecule has 0 aromatic heterocycles. The molecule has 0 saturated carbocycles. The number of rotatable bonds is 6. The zero-order valence-electron chi connectivity index (χ0n) is 17.1. The van der Waals surface area contributed by atoms with Gasteiger partial charge < -0.3 is 9.47 Å². The van der Waals surface area contributed by atoms with Gasteiger partial charge in [-0.05, 0) is 12.5 Å². The van der Waals surface area contributed by atoms with Crippen LogP contribution in [-0.2, 0) is 9.47 Å². The van der Waals surface area contributed by atoms with Gasteiger partial charge in [0.05, 0.1) is 38.5 Å². The molecule has 2 atom stereocenters. The Morgan fingerprint density at radius 2 is 1.34 bits per heavy atom. The highest BCUT2D eigenvalue weighted by Gasteiger charge is 2.39. The summed E-state index contributed by atoms with van der Waals surface area (Å²) in [6.45, 7) is 8.02. The molecule has 0 amide bonds. The summed E-state index contributed by atoms with van der Waals surface area (Å²) in [5.41, 5.74) is 3.13. The molecule has 2 fully saturated rings. The first kappa shape index (κ1) is 20.2. The van der Waals surface area contributed by atoms with Crippen molar-refractivity contribution in [1.29, 1.82) is 0 Å². The van der Waals surface area contributed by atoms with Crippen molar-refractivity contribution in [2.45, 2.75) is 19.0 Å². The fourth-order valence-corrected chi connectivity index (χ4v) is 4.35. The van der Waals surface area contributed by atoms with Crippen LogP contribution in [0.2, 0.25) is 0 Å². The van der Waals surface area contributed by atoms with Gasteiger partial charge >= 0.3 is 0 Å². The van der Waals surface area contributed by atoms with Crippen LogP contribution in [-0.4, -0.2) is 74.2 Å². The van der Waals surface area contributed by atoms with Crippen LogP contribution in [0.5, 0.6) is 0 Å². The highest BCUT2D eigenvalue weighted by molar-refractivity contribution is 6.00. The van der Waals surface area contributed by atoms with E-state index in [0.717, 1.165) is 37.3 Å². The largest absolute Gasteiger partial charge is 0.379 e. The second kappa shape index (κ2) is 9.63. The molecule has 0 bridgehead atoms. The maximum Gasteiger partial charge on any atom is 0.181 e. The third-order valence-electron chi connectivity index (χ3n) is 5.92. The SMILES string of the molecule is Cc1ccc(C(=O)[C@H]([C@H](c2ccccc2)N2CCOCC2)N2CCOCC2)cc1. The number of carbonyl (C=O) groups is 1. The fourth-order valence-electron chi connectivity index (χ4n) is 4.35. The minimum Gasteiger partial charge on any atom is -0.379 e. The molecule has 2 aromatic rings. The van der Waals surface area contributed by atoms with Crippen molar-refractivity contribution in [3.63, 3.8) is 0 Å². The number of ether oxygens (including phenoxy) is 2. The van der Waals surface area contributed by atoms with Gasteiger partial charge in [-0.15, -0.1) is 0 Å². The maximum absolute atomic E-state index is 13.9. The number of morpholine rings is 2. The lowest BCUT2D eigenvalue weighted by Gasteiger charge is -2.44. The summed E-state index contributed by atoms with van der Waals surface area (Å²) in [5, 5.41) is 0. The standard InChI is InChI=1S/C24H30N2O3/c1-19-7-9-21(10-8-19)24(27)23(26-13-17-29-18-14-26)22(20-5-3-2-4-6-20)25-11-15-28-16-12-25/h2-10,22-23H,11-18H2,1H3/t22-,23-/m0/s1. The van der Waals surface area contributed by atoms with E-state index in [1.54, 1.807) is 0 Å². The summed E-state index contributed by atoms with van der Waals surface area (Å²) in [5.74, 6) is 0.187. The lowest BCUT2D eigenvalue weighted by atomic mass is 9.89. The van der Waals surface area contributed by atoms with Crippen molar-refractivity contribution in [1.82, 2.24) is 9.80 Å². The highest BCUT2D eigenvalue weighted by atomic mass is 16.5. The number of ketones is 1. The van der Waals surface area contributed by atoms with Crippen LogP contribution >= 0.6 is 0 Å². The van der Waals surface area contributed by atoms with E-state index < -0.39 is 0 Å². The molecule has 0 radical (unpaired) electrons. The second-order valence-electron chi connectivity index (χ2n) is 7.83. The molecule has 4 rings (SSSR count). The van der Waals surface area contributed by atoms with Gasteiger partial charge in [0.1, 0.15) is 0 Å². The predicted octanol–water partition coefficient (Wildman–Crippen LogP) is 2.95. The van der Waals surface area contributed by atoms with Gasteiger partial charge in [-0.1, -0.05) is 60.2 Å². The number of nitrogens with zero attached hydrogens (tertiary/aromatic N) is 2. The zero-order valence-corrected chi connectivity index (χ0v) is 17.1. The third kappa shape index (κ3) is 4.75. The summed E-state index contributed by atoms with van der Waals surface area (Å²) in [6.07, 6.45) is 0. The Kier molecular flexibility index (Phi) is 6.72. The Labute approximate surface area is 173 Å². The summed E-state index contributed by atoms with van der Waals surface area (Å²) in [4.78, 5) is 18.6. The minimum atomic E-state index is -0.248. The first-order chi connectivity index (χ1) is 14.2. The quantitative estimate of drug-likeness (QED) is 0.705. The number of Topliss-reactive ketones (excluding diaryl/α,β-unsaturated/α-hetero) is 1. The van der Waals surface area contributed by atoms with Crippen molar-refractivity contribution in [2.24, 2.45) is 0 Å². The third-order valence-corrected chi connectivity index (χ3v) is 5.92. The molecular formula is C24H30N2O3. The van der Waals surface area contributed by atoms with E-state index in [9.17, 15) is 4.79 Å². The van der Waals surface area contributed by atoms with Crippen molar-refractivity contribution in [3.05, 3.63) is 71.3 Å². The van der Waals surface area contributed by atoms with E-state index in [-0.39, 0.29) is 17.9 Å². The van der Waals surface area contributed by atoms with Crippen molar-refractivity contribution >= 4 is 5.78 Å². The van der Waals surface area contributed by atoms with Crippen LogP contribution in [0.3, 0.4) is 0 Å². The van der Waals surface area contributed by atoms with E-state index in [1.165, 1.54) is 5.56 Å². The van der Waals surface area contributed by atoms with Gasteiger partial charge in [-0.25, -0.2) is 0 Å². The van der Waals surface area contributed by atoms with Gasteiger partial charge in [0.25, 0.3) is 0 Å². The van der Waals surface area contributed by atoms with Gasteiger partial charge in [-0.3, -0.25) is 14.6 Å². The Balaban J connectivity index is 1.74. The predicted molar refractivity (Wildman–Crippen MR) is 113 cm³/mol. The number of carbonyl (C=O) groups excluding carboxylic acids is 1. The average Bonchev–Trinajstić information content (AvgIpc) is 2.79. The molecule has 2 heterocycles. The highest BCUT2D eigenvalue weighted by Crippen LogP contribution is 2.31. The van der Waals surface area contributed by atoms with Gasteiger partial charge in [0.2, 0.25) is 0 Å². The molecule has 0 aliphatic carbocycles. The molecule has 2 aromatic carbocycles. The van der Waals surface area contributed by atoms with Gasteiger partial charge in [0.15, 0.2) is 5.78 Å². The van der Waals surface area contributed by atoms with Crippen LogP contribution < -0.4 is 0 Å². The van der Waals surface area contributed by atoms with E-state index in [0.29, 0.717) is 26.4 Å². The normalized spacial score (nSPS) is 20.9. The monoisotopic (exact) mass is 394 g/mol. The van der Waals surface area contributed by atoms with Crippen molar-refractivity contribution in [2.75, 3.05) is 52.6 Å². The topological polar surface area (TPSA) is 42.0 Å². The molecule has 2 aliphatic rings. The first-order valence-electron chi connectivity index (χ1n) is 10.5. The first-order valence-corrected chi connectivity index (χ1v) is 10.5. The minimum absolute atomic E-state index is 0.00740. The van der Waals surface area contributed by atoms with Crippen molar-refractivity contribution < 1.29 is 14.3 Å². The molecule has 0 N–H and O–H groups in total. The summed E-state index contributed by atoms with van der Waals surface area (Å²) in [7, 11) is 0. The van der Waals surface area contributed by atoms with E-state index >= 15 is 0 Å². The smallest absolute Gasteiger partial charge is 0.181 e. The molecule has 0 spiro atoms. The molecule has 5 nitrogen and oxygen atoms in total. The van der Waals surface area contributed by atoms with Crippen molar-refractivity contribution in [3.8, 4) is 0 Å². The second-order valence-corrected chi connectivity index (χ2v) is 7.83. The van der Waals surface area contributed by atoms with Crippen LogP contribution in [0.4, 0.5) is 0 Å². The average molecular weight is 395 g/mol. The Bertz CT molecular complexity index is 782. The molecule has 5 heteroatoms. The Morgan fingerprint density at radius 3 is 1.93 bits per heavy atom. The Morgan fingerprint density at radius 1 is 0.793 bits per heavy atom. The zero-order chi connectivity index (χ0) is 20.1. The lowest BCUT2D eigenvalue weighted by molar-refractivity contribution is -0.0301. The van der Waals surface area contributed by atoms with Crippen LogP contribution in [0.15, 0.2) is 54.6 Å². The summed E-state index contributed by atoms with van der Waals surface area (Å²) < 4.78 is 11.2. The van der Waals surface area contributed by atoms with E-state index in [4.69, 9.17) is 9.47 Å². The molecule has 0 unspecified atom stereocenters. The Hall–Kier alpha value is -2.05. The number of hydrogen-bond donors (Lipinski definition) is 0. The molecule has 154 valence electrons. The molecule has 2 aliphatic heterocycles. The van der Waals surface area contributed by atoms with Gasteiger partial charge in [-0.2, -0.15) is 0 Å². The molecule has 29 heavy (non-hydrogen) atoms. The van der Waals surface area contributed by atoms with E-state index in [1.807, 2.05) is 37.3 Å².